The van der Waals surface area contributed by atoms with Gasteiger partial charge in [0.2, 0.25) is 5.95 Å². The third-order valence-electron chi connectivity index (χ3n) is 5.15. The van der Waals surface area contributed by atoms with E-state index in [1.807, 2.05) is 36.4 Å². The molecule has 0 amide bonds. The summed E-state index contributed by atoms with van der Waals surface area (Å²) in [6.45, 7) is 2.22. The first-order valence-electron chi connectivity index (χ1n) is 9.92. The number of piperidine rings is 1. The van der Waals surface area contributed by atoms with Gasteiger partial charge in [0, 0.05) is 30.9 Å². The lowest BCUT2D eigenvalue weighted by Gasteiger charge is -2.28. The number of benzene rings is 2. The average Bonchev–Trinajstić information content (AvgIpc) is 2.77. The molecule has 4 rings (SSSR count). The Morgan fingerprint density at radius 2 is 1.72 bits per heavy atom. The van der Waals surface area contributed by atoms with E-state index in [9.17, 15) is 4.79 Å². The molecule has 1 aliphatic rings. The number of methoxy groups -OCH3 is 1. The molecule has 7 nitrogen and oxygen atoms in total. The van der Waals surface area contributed by atoms with Gasteiger partial charge < -0.3 is 15.0 Å². The molecule has 0 atom stereocenters. The Morgan fingerprint density at radius 1 is 1.00 bits per heavy atom. The van der Waals surface area contributed by atoms with Crippen molar-refractivity contribution in [2.24, 2.45) is 0 Å². The van der Waals surface area contributed by atoms with Crippen LogP contribution >= 0.6 is 0 Å². The summed E-state index contributed by atoms with van der Waals surface area (Å²) in [5.74, 6) is 1.11. The molecular formula is C22H25N5O2. The number of nitrogens with one attached hydrogen (secondary N) is 2. The molecule has 0 spiro atoms. The number of anilines is 3. The number of nitrogens with zero attached hydrogens (tertiary/aromatic N) is 3. The summed E-state index contributed by atoms with van der Waals surface area (Å²) in [6.07, 6.45) is 4.23. The van der Waals surface area contributed by atoms with Crippen LogP contribution in [0.5, 0.6) is 5.75 Å². The zero-order chi connectivity index (χ0) is 20.1. The molecule has 2 aromatic carbocycles. The van der Waals surface area contributed by atoms with Crippen molar-refractivity contribution in [2.45, 2.75) is 25.7 Å². The highest BCUT2D eigenvalue weighted by Gasteiger charge is 2.11. The molecule has 3 aromatic rings. The molecule has 1 aliphatic heterocycles. The summed E-state index contributed by atoms with van der Waals surface area (Å²) in [5.41, 5.74) is 3.19. The number of aromatic amines is 1. The van der Waals surface area contributed by atoms with Gasteiger partial charge in [-0.2, -0.15) is 0 Å². The van der Waals surface area contributed by atoms with Crippen molar-refractivity contribution in [2.75, 3.05) is 30.4 Å². The molecule has 1 fully saturated rings. The molecule has 7 heteroatoms. The number of ether oxygens (including phenoxy) is 1. The maximum atomic E-state index is 12.4. The summed E-state index contributed by atoms with van der Waals surface area (Å²) in [7, 11) is 1.62. The van der Waals surface area contributed by atoms with E-state index in [0.29, 0.717) is 18.1 Å². The van der Waals surface area contributed by atoms with Crippen LogP contribution in [0.1, 0.15) is 30.5 Å². The second-order valence-corrected chi connectivity index (χ2v) is 7.19. The van der Waals surface area contributed by atoms with E-state index >= 15 is 0 Å². The molecule has 0 aliphatic carbocycles. The molecular weight excluding hydrogens is 366 g/mol. The van der Waals surface area contributed by atoms with Gasteiger partial charge in [0.05, 0.1) is 7.11 Å². The van der Waals surface area contributed by atoms with Gasteiger partial charge in [-0.25, -0.2) is 0 Å². The fraction of sp³-hybridized carbons (Fsp3) is 0.318. The van der Waals surface area contributed by atoms with Crippen molar-refractivity contribution >= 4 is 17.3 Å². The number of aromatic nitrogens is 3. The first kappa shape index (κ1) is 19.0. The monoisotopic (exact) mass is 391 g/mol. The van der Waals surface area contributed by atoms with Gasteiger partial charge in [0.25, 0.3) is 5.56 Å². The van der Waals surface area contributed by atoms with Crippen molar-refractivity contribution in [3.05, 3.63) is 70.1 Å². The highest BCUT2D eigenvalue weighted by Crippen LogP contribution is 2.22. The Hall–Kier alpha value is -3.35. The Morgan fingerprint density at radius 3 is 2.38 bits per heavy atom. The van der Waals surface area contributed by atoms with Crippen LogP contribution in [-0.2, 0) is 6.42 Å². The zero-order valence-corrected chi connectivity index (χ0v) is 16.5. The van der Waals surface area contributed by atoms with Crippen molar-refractivity contribution in [1.29, 1.82) is 0 Å². The standard InChI is InChI=1S/C22H25N5O2/c1-29-19-11-5-16(6-12-19)15-20-21(28)24-22(26-25-20)23-17-7-9-18(10-8-17)27-13-3-2-4-14-27/h5-12H,2-4,13-15H2,1H3,(H2,23,24,26,28). The molecule has 1 saturated heterocycles. The third kappa shape index (κ3) is 4.74. The second kappa shape index (κ2) is 8.77. The maximum Gasteiger partial charge on any atom is 0.274 e. The number of H-pyrrole nitrogens is 1. The predicted octanol–water partition coefficient (Wildman–Crippen LogP) is 3.50. The molecule has 2 N–H and O–H groups in total. The van der Waals surface area contributed by atoms with Crippen molar-refractivity contribution in [3.63, 3.8) is 0 Å². The van der Waals surface area contributed by atoms with E-state index in [4.69, 9.17) is 4.74 Å². The summed E-state index contributed by atoms with van der Waals surface area (Å²) in [5, 5.41) is 11.3. The highest BCUT2D eigenvalue weighted by molar-refractivity contribution is 5.59. The van der Waals surface area contributed by atoms with Crippen LogP contribution in [0.3, 0.4) is 0 Å². The molecule has 1 aromatic heterocycles. The van der Waals surface area contributed by atoms with Crippen LogP contribution in [0.25, 0.3) is 0 Å². The topological polar surface area (TPSA) is 83.1 Å². The third-order valence-corrected chi connectivity index (χ3v) is 5.15. The summed E-state index contributed by atoms with van der Waals surface area (Å²) < 4.78 is 5.15. The number of hydrogen-bond acceptors (Lipinski definition) is 6. The Kier molecular flexibility index (Phi) is 5.74. The first-order chi connectivity index (χ1) is 14.2. The first-order valence-corrected chi connectivity index (χ1v) is 9.92. The minimum absolute atomic E-state index is 0.247. The van der Waals surface area contributed by atoms with Gasteiger partial charge in [0.15, 0.2) is 0 Å². The van der Waals surface area contributed by atoms with Gasteiger partial charge in [-0.1, -0.05) is 12.1 Å². The van der Waals surface area contributed by atoms with E-state index in [-0.39, 0.29) is 5.56 Å². The number of rotatable bonds is 6. The fourth-order valence-electron chi connectivity index (χ4n) is 3.51. The van der Waals surface area contributed by atoms with E-state index in [1.165, 1.54) is 24.9 Å². The summed E-state index contributed by atoms with van der Waals surface area (Å²) >= 11 is 0. The van der Waals surface area contributed by atoms with E-state index in [1.54, 1.807) is 7.11 Å². The van der Waals surface area contributed by atoms with Crippen LogP contribution < -0.4 is 20.5 Å². The Labute approximate surface area is 169 Å². The molecule has 0 radical (unpaired) electrons. The highest BCUT2D eigenvalue weighted by atomic mass is 16.5. The quantitative estimate of drug-likeness (QED) is 0.669. The average molecular weight is 391 g/mol. The molecule has 0 bridgehead atoms. The van der Waals surface area contributed by atoms with E-state index in [2.05, 4.69) is 37.5 Å². The van der Waals surface area contributed by atoms with Gasteiger partial charge in [-0.15, -0.1) is 10.2 Å². The van der Waals surface area contributed by atoms with Crippen LogP contribution in [0.15, 0.2) is 53.3 Å². The maximum absolute atomic E-state index is 12.4. The zero-order valence-electron chi connectivity index (χ0n) is 16.5. The van der Waals surface area contributed by atoms with Gasteiger partial charge in [-0.3, -0.25) is 9.78 Å². The van der Waals surface area contributed by atoms with Gasteiger partial charge in [0.1, 0.15) is 11.4 Å². The minimum Gasteiger partial charge on any atom is -0.497 e. The molecule has 150 valence electrons. The Bertz CT molecular complexity index is 993. The lowest BCUT2D eigenvalue weighted by molar-refractivity contribution is 0.414. The smallest absolute Gasteiger partial charge is 0.274 e. The van der Waals surface area contributed by atoms with Crippen molar-refractivity contribution in [3.8, 4) is 5.75 Å². The summed E-state index contributed by atoms with van der Waals surface area (Å²) in [6, 6.07) is 15.7. The van der Waals surface area contributed by atoms with E-state index < -0.39 is 0 Å². The largest absolute Gasteiger partial charge is 0.497 e. The Balaban J connectivity index is 1.41. The van der Waals surface area contributed by atoms with Crippen LogP contribution in [0, 0.1) is 0 Å². The lowest BCUT2D eigenvalue weighted by Crippen LogP contribution is -2.29. The van der Waals surface area contributed by atoms with Gasteiger partial charge in [-0.05, 0) is 61.2 Å². The SMILES string of the molecule is COc1ccc(Cc2nnc(Nc3ccc(N4CCCCC4)cc3)[nH]c2=O)cc1. The molecule has 0 unspecified atom stereocenters. The van der Waals surface area contributed by atoms with Crippen molar-refractivity contribution in [1.82, 2.24) is 15.2 Å². The lowest BCUT2D eigenvalue weighted by atomic mass is 10.1. The van der Waals surface area contributed by atoms with Crippen LogP contribution in [0.2, 0.25) is 0 Å². The minimum atomic E-state index is -0.247. The second-order valence-electron chi connectivity index (χ2n) is 7.19. The van der Waals surface area contributed by atoms with Crippen LogP contribution in [0.4, 0.5) is 17.3 Å². The summed E-state index contributed by atoms with van der Waals surface area (Å²) in [4.78, 5) is 17.6. The predicted molar refractivity (Wildman–Crippen MR) is 114 cm³/mol. The van der Waals surface area contributed by atoms with Crippen LogP contribution in [-0.4, -0.2) is 35.4 Å². The van der Waals surface area contributed by atoms with Gasteiger partial charge >= 0.3 is 0 Å². The van der Waals surface area contributed by atoms with E-state index in [0.717, 1.165) is 30.1 Å². The fourth-order valence-corrected chi connectivity index (χ4v) is 3.51. The van der Waals surface area contributed by atoms with Crippen molar-refractivity contribution < 1.29 is 4.74 Å². The molecule has 2 heterocycles. The number of hydrogen-bond donors (Lipinski definition) is 2. The normalized spacial score (nSPS) is 13.9. The molecule has 29 heavy (non-hydrogen) atoms. The molecule has 0 saturated carbocycles.